The van der Waals surface area contributed by atoms with Crippen LogP contribution in [0.15, 0.2) is 12.3 Å². The number of halogens is 3. The maximum absolute atomic E-state index is 13.5. The largest absolute Gasteiger partial charge is 0.416 e. The fourth-order valence-corrected chi connectivity index (χ4v) is 3.39. The van der Waals surface area contributed by atoms with Crippen molar-refractivity contribution in [2.75, 3.05) is 11.9 Å². The van der Waals surface area contributed by atoms with E-state index in [0.29, 0.717) is 12.0 Å². The SMILES string of the molecule is CCNc1cc(C(F)(F)F)c(B2CC(C)(C)C(C)(C)C2)cn1. The third-order valence-corrected chi connectivity index (χ3v) is 5.38. The molecule has 1 N–H and O–H groups in total. The minimum atomic E-state index is -4.35. The van der Waals surface area contributed by atoms with Crippen LogP contribution in [0, 0.1) is 10.8 Å². The molecule has 0 atom stereocenters. The molecule has 0 radical (unpaired) electrons. The van der Waals surface area contributed by atoms with Crippen LogP contribution in [0.3, 0.4) is 0 Å². The molecule has 0 bridgehead atoms. The van der Waals surface area contributed by atoms with Crippen molar-refractivity contribution in [1.82, 2.24) is 4.98 Å². The number of alkyl halides is 3. The van der Waals surface area contributed by atoms with Crippen LogP contribution in [0.2, 0.25) is 12.6 Å². The molecule has 2 rings (SSSR count). The Morgan fingerprint density at radius 2 is 1.73 bits per heavy atom. The summed E-state index contributed by atoms with van der Waals surface area (Å²) in [6.07, 6.45) is -1.42. The van der Waals surface area contributed by atoms with Gasteiger partial charge in [-0.25, -0.2) is 4.98 Å². The van der Waals surface area contributed by atoms with E-state index in [9.17, 15) is 13.2 Å². The Labute approximate surface area is 131 Å². The standard InChI is InChI=1S/C16H24BF3N2/c1-6-21-13-7-11(16(18,19)20)12(8-22-13)17-9-14(2,3)15(4,5)10-17/h7-8H,6,9-10H2,1-5H3,(H,21,22). The molecular formula is C16H24BF3N2. The number of nitrogens with zero attached hydrogens (tertiary/aromatic N) is 1. The Hall–Kier alpha value is -1.20. The molecule has 6 heteroatoms. The van der Waals surface area contributed by atoms with E-state index < -0.39 is 11.7 Å². The van der Waals surface area contributed by atoms with Crippen molar-refractivity contribution in [2.45, 2.75) is 53.4 Å². The highest BCUT2D eigenvalue weighted by atomic mass is 19.4. The van der Waals surface area contributed by atoms with E-state index in [1.807, 2.05) is 6.92 Å². The van der Waals surface area contributed by atoms with Gasteiger partial charge < -0.3 is 5.32 Å². The molecule has 0 aromatic carbocycles. The molecule has 2 heterocycles. The van der Waals surface area contributed by atoms with Crippen molar-refractivity contribution in [3.8, 4) is 0 Å². The number of aromatic nitrogens is 1. The molecule has 1 aromatic heterocycles. The van der Waals surface area contributed by atoms with Gasteiger partial charge in [-0.1, -0.05) is 40.3 Å². The van der Waals surface area contributed by atoms with E-state index in [-0.39, 0.29) is 23.4 Å². The van der Waals surface area contributed by atoms with Gasteiger partial charge in [-0.15, -0.1) is 0 Å². The summed E-state index contributed by atoms with van der Waals surface area (Å²) in [5.74, 6) is 0.287. The Kier molecular flexibility index (Phi) is 4.26. The number of anilines is 1. The zero-order valence-corrected chi connectivity index (χ0v) is 13.9. The van der Waals surface area contributed by atoms with Crippen molar-refractivity contribution in [3.63, 3.8) is 0 Å². The number of hydrogen-bond acceptors (Lipinski definition) is 2. The molecule has 0 aliphatic carbocycles. The van der Waals surface area contributed by atoms with Crippen LogP contribution in [-0.2, 0) is 6.18 Å². The van der Waals surface area contributed by atoms with Gasteiger partial charge in [0.15, 0.2) is 6.71 Å². The van der Waals surface area contributed by atoms with Crippen LogP contribution in [0.4, 0.5) is 19.0 Å². The average Bonchev–Trinajstić information content (AvgIpc) is 2.57. The van der Waals surface area contributed by atoms with Crippen LogP contribution in [0.25, 0.3) is 0 Å². The van der Waals surface area contributed by atoms with Gasteiger partial charge >= 0.3 is 6.18 Å². The minimum absolute atomic E-state index is 0.0148. The fourth-order valence-electron chi connectivity index (χ4n) is 3.39. The lowest BCUT2D eigenvalue weighted by Crippen LogP contribution is -2.35. The van der Waals surface area contributed by atoms with E-state index in [1.165, 1.54) is 6.20 Å². The van der Waals surface area contributed by atoms with Gasteiger partial charge in [0.05, 0.1) is 5.56 Å². The summed E-state index contributed by atoms with van der Waals surface area (Å²) in [5, 5.41) is 2.86. The summed E-state index contributed by atoms with van der Waals surface area (Å²) < 4.78 is 40.4. The van der Waals surface area contributed by atoms with E-state index in [0.717, 1.165) is 18.7 Å². The van der Waals surface area contributed by atoms with Gasteiger partial charge in [-0.3, -0.25) is 0 Å². The van der Waals surface area contributed by atoms with Gasteiger partial charge in [0.2, 0.25) is 0 Å². The maximum atomic E-state index is 13.5. The summed E-state index contributed by atoms with van der Waals surface area (Å²) >= 11 is 0. The fraction of sp³-hybridized carbons (Fsp3) is 0.688. The van der Waals surface area contributed by atoms with Crippen LogP contribution in [0.1, 0.15) is 40.2 Å². The molecule has 0 amide bonds. The molecular weight excluding hydrogens is 288 g/mol. The zero-order valence-electron chi connectivity index (χ0n) is 13.9. The molecule has 1 fully saturated rings. The first kappa shape index (κ1) is 17.2. The van der Waals surface area contributed by atoms with E-state index in [4.69, 9.17) is 0 Å². The summed E-state index contributed by atoms with van der Waals surface area (Å²) in [6, 6.07) is 1.15. The number of rotatable bonds is 3. The topological polar surface area (TPSA) is 24.9 Å². The molecule has 0 spiro atoms. The van der Waals surface area contributed by atoms with Gasteiger partial charge in [0.1, 0.15) is 5.82 Å². The maximum Gasteiger partial charge on any atom is 0.416 e. The van der Waals surface area contributed by atoms with Crippen LogP contribution in [0.5, 0.6) is 0 Å². The first-order valence-electron chi connectivity index (χ1n) is 7.79. The third-order valence-electron chi connectivity index (χ3n) is 5.38. The van der Waals surface area contributed by atoms with Crippen molar-refractivity contribution in [1.29, 1.82) is 0 Å². The van der Waals surface area contributed by atoms with Gasteiger partial charge in [-0.2, -0.15) is 13.2 Å². The average molecular weight is 312 g/mol. The van der Waals surface area contributed by atoms with Crippen LogP contribution in [-0.4, -0.2) is 18.2 Å². The van der Waals surface area contributed by atoms with E-state index in [2.05, 4.69) is 38.0 Å². The number of nitrogens with one attached hydrogen (secondary N) is 1. The zero-order chi connectivity index (χ0) is 16.8. The van der Waals surface area contributed by atoms with Crippen molar-refractivity contribution < 1.29 is 13.2 Å². The second-order valence-corrected chi connectivity index (χ2v) is 7.56. The highest BCUT2D eigenvalue weighted by Gasteiger charge is 2.50. The van der Waals surface area contributed by atoms with Gasteiger partial charge in [0, 0.05) is 12.7 Å². The van der Waals surface area contributed by atoms with Crippen molar-refractivity contribution >= 4 is 18.0 Å². The van der Waals surface area contributed by atoms with Gasteiger partial charge in [-0.05, 0) is 29.3 Å². The molecule has 122 valence electrons. The second-order valence-electron chi connectivity index (χ2n) is 7.56. The molecule has 22 heavy (non-hydrogen) atoms. The summed E-state index contributed by atoms with van der Waals surface area (Å²) in [4.78, 5) is 4.17. The highest BCUT2D eigenvalue weighted by molar-refractivity contribution is 6.74. The summed E-state index contributed by atoms with van der Waals surface area (Å²) in [6.45, 7) is 10.9. The third kappa shape index (κ3) is 3.11. The van der Waals surface area contributed by atoms with E-state index >= 15 is 0 Å². The Balaban J connectivity index is 2.44. The second kappa shape index (κ2) is 5.46. The summed E-state index contributed by atoms with van der Waals surface area (Å²) in [5.41, 5.74) is -0.174. The smallest absolute Gasteiger partial charge is 0.370 e. The summed E-state index contributed by atoms with van der Waals surface area (Å²) in [7, 11) is 0. The number of pyridine rings is 1. The molecule has 1 aromatic rings. The highest BCUT2D eigenvalue weighted by Crippen LogP contribution is 2.53. The Bertz CT molecular complexity index is 537. The number of hydrogen-bond donors (Lipinski definition) is 1. The monoisotopic (exact) mass is 312 g/mol. The normalized spacial score (nSPS) is 20.3. The van der Waals surface area contributed by atoms with Gasteiger partial charge in [0.25, 0.3) is 0 Å². The predicted molar refractivity (Wildman–Crippen MR) is 86.0 cm³/mol. The van der Waals surface area contributed by atoms with Crippen molar-refractivity contribution in [2.24, 2.45) is 10.8 Å². The first-order valence-corrected chi connectivity index (χ1v) is 7.79. The molecule has 0 unspecified atom stereocenters. The van der Waals surface area contributed by atoms with Crippen LogP contribution >= 0.6 is 0 Å². The van der Waals surface area contributed by atoms with Crippen molar-refractivity contribution in [3.05, 3.63) is 17.8 Å². The molecule has 1 aliphatic rings. The Morgan fingerprint density at radius 3 is 2.18 bits per heavy atom. The molecule has 1 aliphatic heterocycles. The molecule has 1 saturated heterocycles. The Morgan fingerprint density at radius 1 is 1.18 bits per heavy atom. The lowest BCUT2D eigenvalue weighted by Gasteiger charge is -2.35. The first-order chi connectivity index (χ1) is 9.98. The molecule has 2 nitrogen and oxygen atoms in total. The van der Waals surface area contributed by atoms with E-state index in [1.54, 1.807) is 0 Å². The quantitative estimate of drug-likeness (QED) is 0.842. The molecule has 0 saturated carbocycles. The minimum Gasteiger partial charge on any atom is -0.370 e. The van der Waals surface area contributed by atoms with Crippen LogP contribution < -0.4 is 10.8 Å². The predicted octanol–water partition coefficient (Wildman–Crippen LogP) is 4.30. The lowest BCUT2D eigenvalue weighted by molar-refractivity contribution is -0.136. The lowest BCUT2D eigenvalue weighted by atomic mass is 9.41.